The van der Waals surface area contributed by atoms with Gasteiger partial charge in [0, 0.05) is 4.47 Å². The van der Waals surface area contributed by atoms with Crippen molar-refractivity contribution in [3.63, 3.8) is 0 Å². The first-order chi connectivity index (χ1) is 6.83. The molecule has 0 radical (unpaired) electrons. The number of benzene rings is 1. The van der Waals surface area contributed by atoms with Crippen molar-refractivity contribution in [1.82, 2.24) is 0 Å². The van der Waals surface area contributed by atoms with E-state index in [1.807, 2.05) is 0 Å². The summed E-state index contributed by atoms with van der Waals surface area (Å²) in [4.78, 5) is 0. The lowest BCUT2D eigenvalue weighted by Crippen LogP contribution is -2.16. The van der Waals surface area contributed by atoms with Crippen LogP contribution in [-0.4, -0.2) is 13.7 Å². The Morgan fingerprint density at radius 2 is 2.00 bits per heavy atom. The molecule has 0 aliphatic carbocycles. The highest BCUT2D eigenvalue weighted by Crippen LogP contribution is 2.21. The lowest BCUT2D eigenvalue weighted by molar-refractivity contribution is 0.586. The van der Waals surface area contributed by atoms with Crippen LogP contribution in [0.1, 0.15) is 19.4 Å². The monoisotopic (exact) mass is 294 g/mol. The third kappa shape index (κ3) is 3.28. The topological polar surface area (TPSA) is 34.1 Å². The summed E-state index contributed by atoms with van der Waals surface area (Å²) in [5, 5.41) is -0.422. The Kier molecular flexibility index (Phi) is 3.89. The Bertz CT molecular complexity index is 454. The second kappa shape index (κ2) is 4.61. The van der Waals surface area contributed by atoms with Crippen LogP contribution in [-0.2, 0) is 15.6 Å². The van der Waals surface area contributed by atoms with Crippen LogP contribution in [0.5, 0.6) is 0 Å². The molecule has 0 fully saturated rings. The Morgan fingerprint density at radius 1 is 1.40 bits per heavy atom. The molecule has 0 aromatic heterocycles. The molecule has 5 heteroatoms. The van der Waals surface area contributed by atoms with Crippen molar-refractivity contribution in [2.24, 2.45) is 0 Å². The molecule has 1 aromatic rings. The van der Waals surface area contributed by atoms with E-state index in [0.29, 0.717) is 10.0 Å². The standard InChI is InChI=1S/C10H12BrFO2S/c1-7(2)15(13,14)6-8-3-4-9(12)5-10(8)11/h3-5,7H,6H2,1-2H3. The van der Waals surface area contributed by atoms with Crippen molar-refractivity contribution in [3.05, 3.63) is 34.1 Å². The number of hydrogen-bond donors (Lipinski definition) is 0. The van der Waals surface area contributed by atoms with E-state index in [1.54, 1.807) is 13.8 Å². The predicted octanol–water partition coefficient (Wildman–Crippen LogP) is 2.91. The highest BCUT2D eigenvalue weighted by Gasteiger charge is 2.18. The van der Waals surface area contributed by atoms with Gasteiger partial charge in [-0.1, -0.05) is 22.0 Å². The Hall–Kier alpha value is -0.420. The minimum absolute atomic E-state index is 0.0640. The van der Waals surface area contributed by atoms with Gasteiger partial charge in [-0.15, -0.1) is 0 Å². The third-order valence-electron chi connectivity index (χ3n) is 2.09. The van der Waals surface area contributed by atoms with Crippen LogP contribution in [0.2, 0.25) is 0 Å². The molecule has 0 unspecified atom stereocenters. The molecule has 0 heterocycles. The lowest BCUT2D eigenvalue weighted by atomic mass is 10.2. The molecule has 15 heavy (non-hydrogen) atoms. The van der Waals surface area contributed by atoms with E-state index in [-0.39, 0.29) is 11.6 Å². The lowest BCUT2D eigenvalue weighted by Gasteiger charge is -2.09. The number of rotatable bonds is 3. The van der Waals surface area contributed by atoms with Crippen molar-refractivity contribution in [1.29, 1.82) is 0 Å². The molecule has 0 N–H and O–H groups in total. The molecule has 2 nitrogen and oxygen atoms in total. The summed E-state index contributed by atoms with van der Waals surface area (Å²) in [5.41, 5.74) is 0.588. The maximum absolute atomic E-state index is 12.8. The minimum Gasteiger partial charge on any atom is -0.228 e. The molecule has 1 rings (SSSR count). The maximum Gasteiger partial charge on any atom is 0.156 e. The maximum atomic E-state index is 12.8. The number of sulfone groups is 1. The van der Waals surface area contributed by atoms with Gasteiger partial charge in [0.1, 0.15) is 5.82 Å². The van der Waals surface area contributed by atoms with Gasteiger partial charge in [-0.2, -0.15) is 0 Å². The van der Waals surface area contributed by atoms with E-state index >= 15 is 0 Å². The first-order valence-corrected chi connectivity index (χ1v) is 6.99. The molecule has 84 valence electrons. The third-order valence-corrected chi connectivity index (χ3v) is 4.98. The SMILES string of the molecule is CC(C)S(=O)(=O)Cc1ccc(F)cc1Br. The fraction of sp³-hybridized carbons (Fsp3) is 0.400. The van der Waals surface area contributed by atoms with Gasteiger partial charge in [0.25, 0.3) is 0 Å². The molecule has 0 saturated carbocycles. The minimum atomic E-state index is -3.14. The van der Waals surface area contributed by atoms with E-state index in [9.17, 15) is 12.8 Å². The molecule has 0 saturated heterocycles. The summed E-state index contributed by atoms with van der Waals surface area (Å²) in [7, 11) is -3.14. The second-order valence-corrected chi connectivity index (χ2v) is 7.00. The first-order valence-electron chi connectivity index (χ1n) is 4.48. The average molecular weight is 295 g/mol. The van der Waals surface area contributed by atoms with Gasteiger partial charge in [-0.05, 0) is 31.5 Å². The molecular formula is C10H12BrFO2S. The zero-order chi connectivity index (χ0) is 11.6. The van der Waals surface area contributed by atoms with Crippen LogP contribution in [0.3, 0.4) is 0 Å². The van der Waals surface area contributed by atoms with Crippen LogP contribution >= 0.6 is 15.9 Å². The first kappa shape index (κ1) is 12.6. The Morgan fingerprint density at radius 3 is 2.47 bits per heavy atom. The summed E-state index contributed by atoms with van der Waals surface area (Å²) in [6.45, 7) is 3.26. The van der Waals surface area contributed by atoms with Crippen LogP contribution in [0.4, 0.5) is 4.39 Å². The fourth-order valence-electron chi connectivity index (χ4n) is 1.02. The smallest absolute Gasteiger partial charge is 0.156 e. The van der Waals surface area contributed by atoms with Crippen LogP contribution in [0.15, 0.2) is 22.7 Å². The molecule has 0 bridgehead atoms. The zero-order valence-corrected chi connectivity index (χ0v) is 10.9. The fourth-order valence-corrected chi connectivity index (χ4v) is 2.72. The molecule has 0 aliphatic rings. The summed E-state index contributed by atoms with van der Waals surface area (Å²) in [5.74, 6) is -0.446. The van der Waals surface area contributed by atoms with Crippen molar-refractivity contribution in [2.75, 3.05) is 0 Å². The van der Waals surface area contributed by atoms with Gasteiger partial charge in [0.2, 0.25) is 0 Å². The van der Waals surface area contributed by atoms with Gasteiger partial charge in [-0.25, -0.2) is 12.8 Å². The molecule has 0 aliphatic heterocycles. The Labute approximate surface area is 97.5 Å². The second-order valence-electron chi connectivity index (χ2n) is 3.59. The highest BCUT2D eigenvalue weighted by atomic mass is 79.9. The average Bonchev–Trinajstić information content (AvgIpc) is 2.09. The van der Waals surface area contributed by atoms with Crippen molar-refractivity contribution in [3.8, 4) is 0 Å². The highest BCUT2D eigenvalue weighted by molar-refractivity contribution is 9.10. The quantitative estimate of drug-likeness (QED) is 0.859. The zero-order valence-electron chi connectivity index (χ0n) is 8.50. The van der Waals surface area contributed by atoms with E-state index in [2.05, 4.69) is 15.9 Å². The number of hydrogen-bond acceptors (Lipinski definition) is 2. The number of halogens is 2. The van der Waals surface area contributed by atoms with Gasteiger partial charge in [0.15, 0.2) is 9.84 Å². The van der Waals surface area contributed by atoms with Gasteiger partial charge < -0.3 is 0 Å². The normalized spacial score (nSPS) is 12.1. The van der Waals surface area contributed by atoms with E-state index in [1.165, 1.54) is 18.2 Å². The summed E-state index contributed by atoms with van der Waals surface area (Å²) in [6, 6.07) is 4.01. The summed E-state index contributed by atoms with van der Waals surface area (Å²) in [6.07, 6.45) is 0. The van der Waals surface area contributed by atoms with Crippen molar-refractivity contribution in [2.45, 2.75) is 24.9 Å². The van der Waals surface area contributed by atoms with Gasteiger partial charge in [0.05, 0.1) is 11.0 Å². The van der Waals surface area contributed by atoms with Gasteiger partial charge in [-0.3, -0.25) is 0 Å². The predicted molar refractivity (Wildman–Crippen MR) is 61.9 cm³/mol. The van der Waals surface area contributed by atoms with Crippen molar-refractivity contribution < 1.29 is 12.8 Å². The molecule has 0 amide bonds. The summed E-state index contributed by atoms with van der Waals surface area (Å²) >= 11 is 3.14. The van der Waals surface area contributed by atoms with Gasteiger partial charge >= 0.3 is 0 Å². The van der Waals surface area contributed by atoms with Crippen LogP contribution in [0, 0.1) is 5.82 Å². The van der Waals surface area contributed by atoms with E-state index in [4.69, 9.17) is 0 Å². The van der Waals surface area contributed by atoms with E-state index in [0.717, 1.165) is 0 Å². The summed E-state index contributed by atoms with van der Waals surface area (Å²) < 4.78 is 36.5. The molecule has 1 aromatic carbocycles. The molecular weight excluding hydrogens is 283 g/mol. The van der Waals surface area contributed by atoms with E-state index < -0.39 is 15.1 Å². The van der Waals surface area contributed by atoms with Crippen LogP contribution in [0.25, 0.3) is 0 Å². The Balaban J connectivity index is 3.01. The molecule has 0 spiro atoms. The van der Waals surface area contributed by atoms with Crippen LogP contribution < -0.4 is 0 Å². The molecule has 0 atom stereocenters. The largest absolute Gasteiger partial charge is 0.228 e. The van der Waals surface area contributed by atoms with Crippen molar-refractivity contribution >= 4 is 25.8 Å².